The molecule has 9 aliphatic rings. The lowest BCUT2D eigenvalue weighted by Gasteiger charge is -2.47. The molecule has 0 radical (unpaired) electrons. The Balaban J connectivity index is 1.02. The number of fused-ring (bicyclic) bond motifs is 8. The molecule has 0 spiro atoms. The van der Waals surface area contributed by atoms with Gasteiger partial charge >= 0.3 is 0 Å². The Morgan fingerprint density at radius 1 is 0.827 bits per heavy atom. The van der Waals surface area contributed by atoms with E-state index in [1.54, 1.807) is 11.3 Å². The second kappa shape index (κ2) is 12.5. The van der Waals surface area contributed by atoms with Gasteiger partial charge in [-0.2, -0.15) is 0 Å². The van der Waals surface area contributed by atoms with Crippen molar-refractivity contribution in [2.24, 2.45) is 11.8 Å². The molecule has 7 unspecified atom stereocenters. The molecule has 4 heteroatoms. The van der Waals surface area contributed by atoms with Crippen LogP contribution in [0.25, 0.3) is 6.08 Å². The van der Waals surface area contributed by atoms with Gasteiger partial charge in [0.1, 0.15) is 23.4 Å². The number of nitrogens with zero attached hydrogens (tertiary/aromatic N) is 2. The first-order chi connectivity index (χ1) is 25.8. The number of hydrogen-bond acceptors (Lipinski definition) is 4. The monoisotopic (exact) mass is 684 g/mol. The van der Waals surface area contributed by atoms with Gasteiger partial charge in [0.05, 0.1) is 18.0 Å². The molecule has 3 heterocycles. The number of para-hydroxylation sites is 1. The molecule has 52 heavy (non-hydrogen) atoms. The minimum Gasteiger partial charge on any atom is -0.485 e. The maximum absolute atomic E-state index is 6.96. The molecule has 2 aromatic rings. The lowest BCUT2D eigenvalue weighted by molar-refractivity contribution is 0.114. The van der Waals surface area contributed by atoms with Crippen LogP contribution in [0.2, 0.25) is 0 Å². The van der Waals surface area contributed by atoms with Gasteiger partial charge in [0.2, 0.25) is 0 Å². The van der Waals surface area contributed by atoms with Gasteiger partial charge in [-0.3, -0.25) is 0 Å². The number of allylic oxidation sites excluding steroid dienone is 13. The van der Waals surface area contributed by atoms with Crippen LogP contribution in [-0.4, -0.2) is 28.0 Å². The molecule has 1 aromatic carbocycles. The standard InChI is InChI=1S/C48H48N2O2/c1-3-13-31(14-4-1)32-25-27-40-38(29-32)39-30-34(26-28-41(39)49(40)33-15-5-2-6-16-33)50(42-20-12-24-46-47(42)37-18-8-10-23-45(37)51-46)43-21-11-19-36-35-17-7-9-22-44(35)52-48(36)43/h1,3-5,8-10,12-13,15-16,18,20,22-25,27,29,31,34,38,40,43,46-47H,2,6-7,11,14,17,19,21,26,28,30H2. The van der Waals surface area contributed by atoms with Crippen LogP contribution in [0.3, 0.4) is 0 Å². The first-order valence-corrected chi connectivity index (χ1v) is 20.1. The molecule has 11 rings (SSSR count). The van der Waals surface area contributed by atoms with E-state index < -0.39 is 0 Å². The maximum atomic E-state index is 6.96. The minimum atomic E-state index is 0.0250. The number of benzene rings is 1. The molecule has 4 nitrogen and oxygen atoms in total. The summed E-state index contributed by atoms with van der Waals surface area (Å²) in [5.74, 6) is 4.43. The van der Waals surface area contributed by atoms with E-state index >= 15 is 0 Å². The van der Waals surface area contributed by atoms with Crippen molar-refractivity contribution < 1.29 is 9.15 Å². The Bertz CT molecular complexity index is 2120. The SMILES string of the molecule is C1=CCC(C2=CC3C4=C(CCC(N(C5=CC=CC6Oc7ccccc7C56)C5CCCc6c5oc5c6CCC=C5)C4)N(C4=CCCC=C4)C3C=C2)C=C1. The fourth-order valence-corrected chi connectivity index (χ4v) is 11.1. The van der Waals surface area contributed by atoms with Crippen LogP contribution in [-0.2, 0) is 12.8 Å². The quantitative estimate of drug-likeness (QED) is 0.313. The summed E-state index contributed by atoms with van der Waals surface area (Å²) < 4.78 is 13.6. The normalized spacial score (nSPS) is 31.9. The molecule has 7 aliphatic carbocycles. The van der Waals surface area contributed by atoms with Crippen LogP contribution < -0.4 is 4.74 Å². The zero-order chi connectivity index (χ0) is 34.2. The Labute approximate surface area is 308 Å². The van der Waals surface area contributed by atoms with Crippen molar-refractivity contribution >= 4 is 6.08 Å². The largest absolute Gasteiger partial charge is 0.485 e. The Morgan fingerprint density at radius 2 is 1.79 bits per heavy atom. The molecule has 0 saturated heterocycles. The molecular formula is C48H48N2O2. The molecule has 2 aliphatic heterocycles. The van der Waals surface area contributed by atoms with Crippen molar-refractivity contribution in [3.05, 3.63) is 166 Å². The highest BCUT2D eigenvalue weighted by Gasteiger charge is 2.48. The zero-order valence-electron chi connectivity index (χ0n) is 30.0. The topological polar surface area (TPSA) is 28.9 Å². The third kappa shape index (κ3) is 4.86. The molecule has 0 fully saturated rings. The molecule has 262 valence electrons. The predicted molar refractivity (Wildman–Crippen MR) is 208 cm³/mol. The summed E-state index contributed by atoms with van der Waals surface area (Å²) in [6, 6.07) is 9.70. The first kappa shape index (κ1) is 30.9. The van der Waals surface area contributed by atoms with E-state index in [1.165, 1.54) is 45.8 Å². The first-order valence-electron chi connectivity index (χ1n) is 20.1. The van der Waals surface area contributed by atoms with Crippen LogP contribution >= 0.6 is 0 Å². The highest BCUT2D eigenvalue weighted by atomic mass is 16.5. The third-order valence-corrected chi connectivity index (χ3v) is 13.4. The lowest BCUT2D eigenvalue weighted by Crippen LogP contribution is -2.44. The number of furan rings is 1. The third-order valence-electron chi connectivity index (χ3n) is 13.4. The number of ether oxygens (including phenoxy) is 1. The van der Waals surface area contributed by atoms with Crippen molar-refractivity contribution in [3.63, 3.8) is 0 Å². The summed E-state index contributed by atoms with van der Waals surface area (Å²) >= 11 is 0. The van der Waals surface area contributed by atoms with Crippen LogP contribution in [0.1, 0.15) is 98.0 Å². The van der Waals surface area contributed by atoms with E-state index in [-0.39, 0.29) is 18.1 Å². The van der Waals surface area contributed by atoms with Gasteiger partial charge in [0, 0.05) is 46.1 Å². The van der Waals surface area contributed by atoms with Crippen molar-refractivity contribution in [1.82, 2.24) is 9.80 Å². The van der Waals surface area contributed by atoms with Gasteiger partial charge in [-0.25, -0.2) is 0 Å². The zero-order valence-corrected chi connectivity index (χ0v) is 30.0. The van der Waals surface area contributed by atoms with E-state index in [2.05, 4.69) is 125 Å². The average molecular weight is 685 g/mol. The predicted octanol–water partition coefficient (Wildman–Crippen LogP) is 10.9. The van der Waals surface area contributed by atoms with Crippen molar-refractivity contribution in [2.75, 3.05) is 0 Å². The fourth-order valence-electron chi connectivity index (χ4n) is 11.1. The summed E-state index contributed by atoms with van der Waals surface area (Å²) in [6.45, 7) is 0. The summed E-state index contributed by atoms with van der Waals surface area (Å²) in [7, 11) is 0. The summed E-state index contributed by atoms with van der Waals surface area (Å²) in [6.07, 6.45) is 48.0. The molecule has 0 saturated carbocycles. The van der Waals surface area contributed by atoms with E-state index in [9.17, 15) is 0 Å². The van der Waals surface area contributed by atoms with Gasteiger partial charge in [-0.15, -0.1) is 0 Å². The van der Waals surface area contributed by atoms with E-state index in [0.717, 1.165) is 75.7 Å². The molecule has 1 aromatic heterocycles. The number of hydrogen-bond donors (Lipinski definition) is 0. The van der Waals surface area contributed by atoms with Crippen LogP contribution in [0, 0.1) is 11.8 Å². The van der Waals surface area contributed by atoms with Gasteiger partial charge in [-0.1, -0.05) is 85.0 Å². The van der Waals surface area contributed by atoms with Crippen molar-refractivity contribution in [3.8, 4) is 5.75 Å². The molecule has 7 atom stereocenters. The fraction of sp³-hybridized carbons (Fsp3) is 0.375. The van der Waals surface area contributed by atoms with Gasteiger partial charge in [-0.05, 0) is 118 Å². The van der Waals surface area contributed by atoms with Crippen LogP contribution in [0.5, 0.6) is 5.75 Å². The smallest absolute Gasteiger partial charge is 0.130 e. The average Bonchev–Trinajstić information content (AvgIpc) is 3.89. The second-order valence-electron chi connectivity index (χ2n) is 16.2. The summed E-state index contributed by atoms with van der Waals surface area (Å²) in [4.78, 5) is 5.63. The summed E-state index contributed by atoms with van der Waals surface area (Å²) in [5, 5.41) is 0. The van der Waals surface area contributed by atoms with Crippen LogP contribution in [0.15, 0.2) is 142 Å². The highest BCUT2D eigenvalue weighted by molar-refractivity contribution is 5.56. The van der Waals surface area contributed by atoms with Gasteiger partial charge in [0.25, 0.3) is 0 Å². The Hall–Kier alpha value is -4.70. The Kier molecular flexibility index (Phi) is 7.40. The second-order valence-corrected chi connectivity index (χ2v) is 16.2. The van der Waals surface area contributed by atoms with E-state index in [0.29, 0.717) is 23.9 Å². The molecule has 0 amide bonds. The van der Waals surface area contributed by atoms with Crippen molar-refractivity contribution in [1.29, 1.82) is 0 Å². The van der Waals surface area contributed by atoms with E-state index in [4.69, 9.17) is 9.15 Å². The number of rotatable bonds is 5. The Morgan fingerprint density at radius 3 is 2.71 bits per heavy atom. The van der Waals surface area contributed by atoms with E-state index in [1.807, 2.05) is 0 Å². The molecule has 0 bridgehead atoms. The minimum absolute atomic E-state index is 0.0250. The maximum Gasteiger partial charge on any atom is 0.130 e. The lowest BCUT2D eigenvalue weighted by atomic mass is 9.77. The van der Waals surface area contributed by atoms with Gasteiger partial charge in [0.15, 0.2) is 0 Å². The molecule has 0 N–H and O–H groups in total. The highest BCUT2D eigenvalue weighted by Crippen LogP contribution is 2.54. The van der Waals surface area contributed by atoms with Crippen LogP contribution in [0.4, 0.5) is 0 Å². The summed E-state index contributed by atoms with van der Waals surface area (Å²) in [5.41, 5.74) is 11.8. The van der Waals surface area contributed by atoms with Gasteiger partial charge < -0.3 is 19.0 Å². The van der Waals surface area contributed by atoms with Crippen molar-refractivity contribution in [2.45, 2.75) is 101 Å². The molecular weight excluding hydrogens is 637 g/mol.